The highest BCUT2D eigenvalue weighted by Crippen LogP contribution is 2.17. The average Bonchev–Trinajstić information content (AvgIpc) is 3.46. The first-order chi connectivity index (χ1) is 40.0. The first kappa shape index (κ1) is 77.6. The number of esters is 3. The summed E-state index contributed by atoms with van der Waals surface area (Å²) in [6.07, 6.45) is 91.9. The lowest BCUT2D eigenvalue weighted by Gasteiger charge is -2.18. The van der Waals surface area contributed by atoms with E-state index in [0.717, 1.165) is 109 Å². The maximum absolute atomic E-state index is 12.9. The van der Waals surface area contributed by atoms with Gasteiger partial charge in [-0.1, -0.05) is 305 Å². The van der Waals surface area contributed by atoms with Crippen LogP contribution in [-0.2, 0) is 28.6 Å². The van der Waals surface area contributed by atoms with Gasteiger partial charge in [0.1, 0.15) is 13.2 Å². The lowest BCUT2D eigenvalue weighted by Crippen LogP contribution is -2.30. The first-order valence-corrected chi connectivity index (χ1v) is 35.1. The summed E-state index contributed by atoms with van der Waals surface area (Å²) in [6.45, 7) is 6.52. The van der Waals surface area contributed by atoms with Crippen molar-refractivity contribution in [2.45, 2.75) is 361 Å². The van der Waals surface area contributed by atoms with Gasteiger partial charge in [-0.15, -0.1) is 0 Å². The fourth-order valence-corrected chi connectivity index (χ4v) is 10.1. The van der Waals surface area contributed by atoms with Crippen molar-refractivity contribution in [3.63, 3.8) is 0 Å². The number of carbonyl (C=O) groups excluding carboxylic acids is 3. The van der Waals surface area contributed by atoms with E-state index in [0.29, 0.717) is 19.3 Å². The van der Waals surface area contributed by atoms with Crippen LogP contribution >= 0.6 is 0 Å². The summed E-state index contributed by atoms with van der Waals surface area (Å²) in [4.78, 5) is 38.4. The van der Waals surface area contributed by atoms with Crippen LogP contribution in [0.5, 0.6) is 0 Å². The van der Waals surface area contributed by atoms with E-state index in [1.807, 2.05) is 0 Å². The minimum atomic E-state index is -0.797. The molecule has 6 heteroatoms. The summed E-state index contributed by atoms with van der Waals surface area (Å²) in [7, 11) is 0. The monoisotopic (exact) mass is 1130 g/mol. The molecule has 0 saturated carbocycles. The van der Waals surface area contributed by atoms with Crippen LogP contribution in [0.1, 0.15) is 355 Å². The first-order valence-electron chi connectivity index (χ1n) is 35.1. The highest BCUT2D eigenvalue weighted by Gasteiger charge is 2.19. The Morgan fingerprint density at radius 2 is 0.481 bits per heavy atom. The summed E-state index contributed by atoms with van der Waals surface area (Å²) in [5.41, 5.74) is 0. The third kappa shape index (κ3) is 67.3. The molecule has 6 nitrogen and oxygen atoms in total. The number of ether oxygens (including phenoxy) is 3. The highest BCUT2D eigenvalue weighted by atomic mass is 16.6. The van der Waals surface area contributed by atoms with Crippen LogP contribution in [0, 0.1) is 0 Å². The van der Waals surface area contributed by atoms with Crippen LogP contribution in [0.4, 0.5) is 0 Å². The zero-order valence-corrected chi connectivity index (χ0v) is 53.8. The van der Waals surface area contributed by atoms with E-state index in [1.165, 1.54) is 205 Å². The SMILES string of the molecule is CC/C=C\C/C=C\C/C=C\CCCCCC(=O)OCC(COC(=O)CCCCCCCCCCCCCCCCCCC/C=C\CCCCCCCCCC)OC(=O)CCCCCCCC/C=C\C/C=C\C/C=C\CCCCCCC. The van der Waals surface area contributed by atoms with E-state index in [4.69, 9.17) is 14.2 Å². The molecule has 468 valence electrons. The van der Waals surface area contributed by atoms with Gasteiger partial charge >= 0.3 is 17.9 Å². The third-order valence-electron chi connectivity index (χ3n) is 15.4. The summed E-state index contributed by atoms with van der Waals surface area (Å²) in [5.74, 6) is -0.918. The highest BCUT2D eigenvalue weighted by molar-refractivity contribution is 5.71. The van der Waals surface area contributed by atoms with Gasteiger partial charge in [0.25, 0.3) is 0 Å². The molecule has 0 fully saturated rings. The molecular weight excluding hydrogens is 997 g/mol. The Morgan fingerprint density at radius 3 is 0.778 bits per heavy atom. The molecule has 0 aliphatic carbocycles. The number of carbonyl (C=O) groups is 3. The lowest BCUT2D eigenvalue weighted by atomic mass is 10.0. The second-order valence-electron chi connectivity index (χ2n) is 23.4. The van der Waals surface area contributed by atoms with Gasteiger partial charge in [0, 0.05) is 19.3 Å². The van der Waals surface area contributed by atoms with Crippen LogP contribution in [0.3, 0.4) is 0 Å². The van der Waals surface area contributed by atoms with Crippen LogP contribution in [0.15, 0.2) is 85.1 Å². The van der Waals surface area contributed by atoms with Gasteiger partial charge in [0.2, 0.25) is 0 Å². The molecule has 0 amide bonds. The predicted molar refractivity (Wildman–Crippen MR) is 353 cm³/mol. The van der Waals surface area contributed by atoms with Crippen LogP contribution < -0.4 is 0 Å². The number of rotatable bonds is 64. The quantitative estimate of drug-likeness (QED) is 0.0261. The van der Waals surface area contributed by atoms with Gasteiger partial charge in [-0.25, -0.2) is 0 Å². The topological polar surface area (TPSA) is 78.9 Å². The van der Waals surface area contributed by atoms with Gasteiger partial charge in [-0.2, -0.15) is 0 Å². The molecule has 0 spiro atoms. The van der Waals surface area contributed by atoms with E-state index in [2.05, 4.69) is 106 Å². The molecule has 0 aromatic carbocycles. The van der Waals surface area contributed by atoms with Crippen molar-refractivity contribution in [2.75, 3.05) is 13.2 Å². The minimum absolute atomic E-state index is 0.0893. The Balaban J connectivity index is 4.26. The molecule has 1 atom stereocenters. The minimum Gasteiger partial charge on any atom is -0.462 e. The van der Waals surface area contributed by atoms with Gasteiger partial charge in [-0.3, -0.25) is 14.4 Å². The summed E-state index contributed by atoms with van der Waals surface area (Å²) in [5, 5.41) is 0. The second-order valence-corrected chi connectivity index (χ2v) is 23.4. The smallest absolute Gasteiger partial charge is 0.306 e. The predicted octanol–water partition coefficient (Wildman–Crippen LogP) is 24.2. The van der Waals surface area contributed by atoms with Crippen molar-refractivity contribution in [3.05, 3.63) is 85.1 Å². The van der Waals surface area contributed by atoms with Crippen LogP contribution in [0.2, 0.25) is 0 Å². The zero-order chi connectivity index (χ0) is 58.5. The van der Waals surface area contributed by atoms with E-state index in [-0.39, 0.29) is 31.1 Å². The second kappa shape index (κ2) is 69.1. The van der Waals surface area contributed by atoms with Crippen molar-refractivity contribution in [3.8, 4) is 0 Å². The Bertz CT molecular complexity index is 1530. The maximum Gasteiger partial charge on any atom is 0.306 e. The van der Waals surface area contributed by atoms with Crippen LogP contribution in [-0.4, -0.2) is 37.2 Å². The standard InChI is InChI=1S/C75H132O6/c1-4-7-10-13-16-19-22-25-27-29-31-33-34-35-36-37-38-39-40-42-43-45-47-50-53-56-59-62-65-68-74(77)80-71-72(70-79-73(76)67-64-61-58-55-52-49-24-21-18-15-12-9-6-3)81-75(78)69-66-63-60-57-54-51-48-46-44-41-32-30-28-26-23-20-17-14-11-8-5-2/h9,12,18,21,23,26,29-32,44,46,49,52,72H,4-8,10-11,13-17,19-20,22,24-25,27-28,33-43,45,47-48,50-51,53-71H2,1-3H3/b12-9-,21-18-,26-23-,31-29-,32-30-,46-44-,52-49-. The van der Waals surface area contributed by atoms with Crippen molar-refractivity contribution in [2.24, 2.45) is 0 Å². The van der Waals surface area contributed by atoms with Crippen molar-refractivity contribution in [1.82, 2.24) is 0 Å². The van der Waals surface area contributed by atoms with Gasteiger partial charge in [0.05, 0.1) is 0 Å². The maximum atomic E-state index is 12.9. The molecule has 0 heterocycles. The molecule has 0 aromatic heterocycles. The number of unbranched alkanes of at least 4 members (excludes halogenated alkanes) is 39. The van der Waals surface area contributed by atoms with E-state index >= 15 is 0 Å². The molecule has 0 aliphatic rings. The average molecular weight is 1130 g/mol. The van der Waals surface area contributed by atoms with Gasteiger partial charge < -0.3 is 14.2 Å². The third-order valence-corrected chi connectivity index (χ3v) is 15.4. The number of hydrogen-bond donors (Lipinski definition) is 0. The molecule has 0 rings (SSSR count). The molecule has 0 saturated heterocycles. The van der Waals surface area contributed by atoms with Gasteiger partial charge in [-0.05, 0) is 116 Å². The molecular formula is C75H132O6. The Labute approximate surface area is 503 Å². The fraction of sp³-hybridized carbons (Fsp3) is 0.773. The molecule has 0 aromatic rings. The number of hydrogen-bond acceptors (Lipinski definition) is 6. The van der Waals surface area contributed by atoms with Crippen LogP contribution in [0.25, 0.3) is 0 Å². The molecule has 0 bridgehead atoms. The van der Waals surface area contributed by atoms with Crippen molar-refractivity contribution >= 4 is 17.9 Å². The molecule has 81 heavy (non-hydrogen) atoms. The van der Waals surface area contributed by atoms with Gasteiger partial charge in [0.15, 0.2) is 6.10 Å². The van der Waals surface area contributed by atoms with E-state index in [9.17, 15) is 14.4 Å². The molecule has 0 radical (unpaired) electrons. The summed E-state index contributed by atoms with van der Waals surface area (Å²) in [6, 6.07) is 0. The molecule has 1 unspecified atom stereocenters. The Morgan fingerprint density at radius 1 is 0.259 bits per heavy atom. The van der Waals surface area contributed by atoms with E-state index in [1.54, 1.807) is 0 Å². The zero-order valence-electron chi connectivity index (χ0n) is 53.8. The fourth-order valence-electron chi connectivity index (χ4n) is 10.1. The largest absolute Gasteiger partial charge is 0.462 e. The Kier molecular flexibility index (Phi) is 66.2. The van der Waals surface area contributed by atoms with E-state index < -0.39 is 6.10 Å². The summed E-state index contributed by atoms with van der Waals surface area (Å²) >= 11 is 0. The van der Waals surface area contributed by atoms with Crippen molar-refractivity contribution < 1.29 is 28.6 Å². The molecule has 0 N–H and O–H groups in total. The Hall–Kier alpha value is -3.41. The summed E-state index contributed by atoms with van der Waals surface area (Å²) < 4.78 is 16.9. The van der Waals surface area contributed by atoms with Crippen molar-refractivity contribution in [1.29, 1.82) is 0 Å². The normalized spacial score (nSPS) is 12.6. The number of allylic oxidation sites excluding steroid dienone is 14. The molecule has 0 aliphatic heterocycles. The lowest BCUT2D eigenvalue weighted by molar-refractivity contribution is -0.167.